The molecule has 1 aliphatic heterocycles. The lowest BCUT2D eigenvalue weighted by molar-refractivity contribution is 0.336. The Bertz CT molecular complexity index is 327. The van der Waals surface area contributed by atoms with E-state index in [1.807, 2.05) is 0 Å². The molecule has 0 aromatic rings. The zero-order valence-electron chi connectivity index (χ0n) is 12.1. The van der Waals surface area contributed by atoms with Crippen LogP contribution in [0.1, 0.15) is 52.9 Å². The van der Waals surface area contributed by atoms with Crippen molar-refractivity contribution in [2.24, 2.45) is 11.8 Å². The molecule has 1 rings (SSSR count). The SMILES string of the molecule is CCCC(C)CC(CC1CCS(=O)(=O)C1)NCC. The summed E-state index contributed by atoms with van der Waals surface area (Å²) in [6, 6.07) is 0.495. The molecule has 0 bridgehead atoms. The van der Waals surface area contributed by atoms with Crippen molar-refractivity contribution in [3.05, 3.63) is 0 Å². The standard InChI is InChI=1S/C14H29NO2S/c1-4-6-12(3)9-14(15-5-2)10-13-7-8-18(16,17)11-13/h12-15H,4-11H2,1-3H3. The topological polar surface area (TPSA) is 46.2 Å². The van der Waals surface area contributed by atoms with Crippen molar-refractivity contribution in [3.8, 4) is 0 Å². The largest absolute Gasteiger partial charge is 0.314 e. The summed E-state index contributed by atoms with van der Waals surface area (Å²) in [6.07, 6.45) is 5.58. The lowest BCUT2D eigenvalue weighted by atomic mass is 9.90. The lowest BCUT2D eigenvalue weighted by Gasteiger charge is -2.24. The van der Waals surface area contributed by atoms with E-state index in [4.69, 9.17) is 0 Å². The zero-order chi connectivity index (χ0) is 13.6. The summed E-state index contributed by atoms with van der Waals surface area (Å²) in [5, 5.41) is 3.53. The Morgan fingerprint density at radius 1 is 1.33 bits per heavy atom. The molecule has 3 nitrogen and oxygen atoms in total. The third-order valence-corrected chi connectivity index (χ3v) is 5.74. The number of nitrogens with one attached hydrogen (secondary N) is 1. The summed E-state index contributed by atoms with van der Waals surface area (Å²) in [6.45, 7) is 7.63. The van der Waals surface area contributed by atoms with Gasteiger partial charge in [-0.15, -0.1) is 0 Å². The molecule has 0 amide bonds. The van der Waals surface area contributed by atoms with Gasteiger partial charge >= 0.3 is 0 Å². The first-order valence-corrected chi connectivity index (χ1v) is 9.22. The average molecular weight is 275 g/mol. The molecule has 0 aromatic carbocycles. The van der Waals surface area contributed by atoms with Crippen LogP contribution in [-0.2, 0) is 9.84 Å². The normalized spacial score (nSPS) is 26.1. The van der Waals surface area contributed by atoms with Crippen LogP contribution in [-0.4, -0.2) is 32.5 Å². The fourth-order valence-corrected chi connectivity index (χ4v) is 4.99. The summed E-state index contributed by atoms with van der Waals surface area (Å²) in [4.78, 5) is 0. The fourth-order valence-electron chi connectivity index (χ4n) is 3.11. The van der Waals surface area contributed by atoms with Crippen molar-refractivity contribution in [1.82, 2.24) is 5.32 Å². The zero-order valence-corrected chi connectivity index (χ0v) is 12.9. The maximum absolute atomic E-state index is 11.5. The lowest BCUT2D eigenvalue weighted by Crippen LogP contribution is -2.33. The van der Waals surface area contributed by atoms with E-state index in [0.717, 1.165) is 25.3 Å². The Kier molecular flexibility index (Phi) is 6.64. The molecule has 1 saturated heterocycles. The first kappa shape index (κ1) is 16.0. The molecule has 0 radical (unpaired) electrons. The Labute approximate surface area is 113 Å². The van der Waals surface area contributed by atoms with E-state index in [2.05, 4.69) is 26.1 Å². The van der Waals surface area contributed by atoms with Gasteiger partial charge in [0, 0.05) is 6.04 Å². The van der Waals surface area contributed by atoms with Gasteiger partial charge < -0.3 is 5.32 Å². The van der Waals surface area contributed by atoms with Crippen LogP contribution in [0.15, 0.2) is 0 Å². The van der Waals surface area contributed by atoms with Crippen molar-refractivity contribution in [2.75, 3.05) is 18.1 Å². The van der Waals surface area contributed by atoms with Crippen molar-refractivity contribution in [3.63, 3.8) is 0 Å². The first-order valence-electron chi connectivity index (χ1n) is 7.40. The monoisotopic (exact) mass is 275 g/mol. The van der Waals surface area contributed by atoms with Gasteiger partial charge in [0.15, 0.2) is 9.84 Å². The van der Waals surface area contributed by atoms with Crippen LogP contribution in [0.4, 0.5) is 0 Å². The highest BCUT2D eigenvalue weighted by Gasteiger charge is 2.29. The van der Waals surface area contributed by atoms with Crippen LogP contribution in [0.3, 0.4) is 0 Å². The van der Waals surface area contributed by atoms with Crippen LogP contribution < -0.4 is 5.32 Å². The summed E-state index contributed by atoms with van der Waals surface area (Å²) in [5.74, 6) is 1.93. The highest BCUT2D eigenvalue weighted by molar-refractivity contribution is 7.91. The summed E-state index contributed by atoms with van der Waals surface area (Å²) < 4.78 is 23.0. The first-order chi connectivity index (χ1) is 8.46. The van der Waals surface area contributed by atoms with E-state index in [0.29, 0.717) is 23.5 Å². The molecule has 3 unspecified atom stereocenters. The van der Waals surface area contributed by atoms with Gasteiger partial charge in [0.1, 0.15) is 0 Å². The summed E-state index contributed by atoms with van der Waals surface area (Å²) in [5.41, 5.74) is 0. The van der Waals surface area contributed by atoms with E-state index >= 15 is 0 Å². The molecule has 18 heavy (non-hydrogen) atoms. The molecule has 3 atom stereocenters. The predicted octanol–water partition coefficient (Wildman–Crippen LogP) is 2.62. The van der Waals surface area contributed by atoms with E-state index in [1.54, 1.807) is 0 Å². The molecule has 1 heterocycles. The second-order valence-electron chi connectivity index (χ2n) is 5.89. The maximum atomic E-state index is 11.5. The van der Waals surface area contributed by atoms with Gasteiger partial charge in [-0.05, 0) is 37.6 Å². The molecule has 0 spiro atoms. The molecule has 1 N–H and O–H groups in total. The van der Waals surface area contributed by atoms with E-state index in [9.17, 15) is 8.42 Å². The van der Waals surface area contributed by atoms with Crippen LogP contribution in [0.25, 0.3) is 0 Å². The summed E-state index contributed by atoms with van der Waals surface area (Å²) in [7, 11) is -2.72. The van der Waals surface area contributed by atoms with E-state index in [-0.39, 0.29) is 0 Å². The van der Waals surface area contributed by atoms with Gasteiger partial charge in [-0.1, -0.05) is 33.6 Å². The van der Waals surface area contributed by atoms with Gasteiger partial charge in [0.05, 0.1) is 11.5 Å². The molecule has 108 valence electrons. The van der Waals surface area contributed by atoms with Crippen molar-refractivity contribution < 1.29 is 8.42 Å². The number of sulfone groups is 1. The Balaban J connectivity index is 2.42. The fraction of sp³-hybridized carbons (Fsp3) is 1.00. The molecule has 1 aliphatic rings. The van der Waals surface area contributed by atoms with Crippen LogP contribution in [0.5, 0.6) is 0 Å². The molecular weight excluding hydrogens is 246 g/mol. The number of rotatable bonds is 8. The number of hydrogen-bond acceptors (Lipinski definition) is 3. The second kappa shape index (κ2) is 7.49. The third kappa shape index (κ3) is 5.70. The highest BCUT2D eigenvalue weighted by atomic mass is 32.2. The number of hydrogen-bond donors (Lipinski definition) is 1. The minimum Gasteiger partial charge on any atom is -0.314 e. The van der Waals surface area contributed by atoms with E-state index in [1.165, 1.54) is 19.3 Å². The van der Waals surface area contributed by atoms with Crippen LogP contribution >= 0.6 is 0 Å². The molecular formula is C14H29NO2S. The molecule has 0 saturated carbocycles. The Morgan fingerprint density at radius 3 is 2.56 bits per heavy atom. The average Bonchev–Trinajstić information content (AvgIpc) is 2.58. The predicted molar refractivity (Wildman–Crippen MR) is 77.5 cm³/mol. The molecule has 4 heteroatoms. The minimum atomic E-state index is -2.72. The van der Waals surface area contributed by atoms with Gasteiger partial charge in [0.25, 0.3) is 0 Å². The van der Waals surface area contributed by atoms with Gasteiger partial charge in [0.2, 0.25) is 0 Å². The highest BCUT2D eigenvalue weighted by Crippen LogP contribution is 2.25. The van der Waals surface area contributed by atoms with Crippen LogP contribution in [0, 0.1) is 11.8 Å². The van der Waals surface area contributed by atoms with Crippen molar-refractivity contribution in [2.45, 2.75) is 58.9 Å². The van der Waals surface area contributed by atoms with Crippen LogP contribution in [0.2, 0.25) is 0 Å². The second-order valence-corrected chi connectivity index (χ2v) is 8.12. The molecule has 0 aliphatic carbocycles. The minimum absolute atomic E-state index is 0.382. The van der Waals surface area contributed by atoms with Gasteiger partial charge in [-0.25, -0.2) is 8.42 Å². The van der Waals surface area contributed by atoms with Crippen molar-refractivity contribution in [1.29, 1.82) is 0 Å². The Morgan fingerprint density at radius 2 is 2.06 bits per heavy atom. The summed E-state index contributed by atoms with van der Waals surface area (Å²) >= 11 is 0. The third-order valence-electron chi connectivity index (χ3n) is 3.91. The van der Waals surface area contributed by atoms with Gasteiger partial charge in [-0.3, -0.25) is 0 Å². The smallest absolute Gasteiger partial charge is 0.150 e. The van der Waals surface area contributed by atoms with Crippen molar-refractivity contribution >= 4 is 9.84 Å². The quantitative estimate of drug-likeness (QED) is 0.740. The maximum Gasteiger partial charge on any atom is 0.150 e. The van der Waals surface area contributed by atoms with E-state index < -0.39 is 9.84 Å². The molecule has 0 aromatic heterocycles. The molecule has 1 fully saturated rings. The Hall–Kier alpha value is -0.0900. The van der Waals surface area contributed by atoms with Gasteiger partial charge in [-0.2, -0.15) is 0 Å².